The molecule has 0 radical (unpaired) electrons. The molecule has 1 fully saturated rings. The molecule has 0 aromatic heterocycles. The highest BCUT2D eigenvalue weighted by Crippen LogP contribution is 2.38. The topological polar surface area (TPSA) is 61.4 Å². The van der Waals surface area contributed by atoms with Crippen LogP contribution >= 0.6 is 11.8 Å². The number of hydrogen-bond donors (Lipinski definition) is 2. The van der Waals surface area contributed by atoms with E-state index in [0.717, 1.165) is 35.7 Å². The lowest BCUT2D eigenvalue weighted by Gasteiger charge is -2.22. The van der Waals surface area contributed by atoms with Crippen LogP contribution < -0.4 is 10.6 Å². The Kier molecular flexibility index (Phi) is 6.02. The van der Waals surface area contributed by atoms with Crippen LogP contribution in [0.3, 0.4) is 0 Å². The number of rotatable bonds is 5. The molecule has 0 spiro atoms. The summed E-state index contributed by atoms with van der Waals surface area (Å²) in [6.07, 6.45) is 4.20. The van der Waals surface area contributed by atoms with Crippen LogP contribution in [0.2, 0.25) is 0 Å². The van der Waals surface area contributed by atoms with Crippen LogP contribution in [0.4, 0.5) is 5.69 Å². The monoisotopic (exact) mass is 407 g/mol. The largest absolute Gasteiger partial charge is 0.350 e. The number of carbonyl (C=O) groups excluding carboxylic acids is 2. The third kappa shape index (κ3) is 4.54. The number of fused-ring (bicyclic) bond motifs is 1. The Balaban J connectivity index is 1.39. The number of nitrogens with one attached hydrogen (secondary N) is 2. The second kappa shape index (κ2) is 8.84. The molecule has 2 aliphatic rings. The van der Waals surface area contributed by atoms with Crippen LogP contribution in [-0.4, -0.2) is 42.4 Å². The first kappa shape index (κ1) is 19.7. The van der Waals surface area contributed by atoms with Gasteiger partial charge in [-0.2, -0.15) is 0 Å². The molecule has 0 bridgehead atoms. The van der Waals surface area contributed by atoms with Crippen LogP contribution in [0.5, 0.6) is 0 Å². The second-order valence-corrected chi connectivity index (χ2v) is 8.40. The fourth-order valence-corrected chi connectivity index (χ4v) is 4.79. The van der Waals surface area contributed by atoms with Crippen molar-refractivity contribution in [2.45, 2.75) is 30.7 Å². The molecule has 150 valence electrons. The molecule has 1 atom stereocenters. The number of anilines is 1. The van der Waals surface area contributed by atoms with Gasteiger partial charge in [-0.05, 0) is 61.8 Å². The standard InChI is InChI=1S/C23H25N3O2S/c1-2-26-13-5-6-18(26)15-24-22(27)17-11-9-16(10-12-17)14-21-23(28)25-19-7-3-4-8-20(19)29-21/h3-4,7-12,14,18H,2,5-6,13,15H2,1H3,(H,24,27)(H,25,28)/b21-14+. The molecule has 2 aromatic rings. The molecule has 4 rings (SSSR count). The van der Waals surface area contributed by atoms with Crippen LogP contribution in [0, 0.1) is 0 Å². The maximum atomic E-state index is 12.5. The van der Waals surface area contributed by atoms with Crippen molar-refractivity contribution in [2.24, 2.45) is 0 Å². The molecule has 0 aliphatic carbocycles. The SMILES string of the molecule is CCN1CCCC1CNC(=O)c1ccc(/C=C2/Sc3ccccc3NC2=O)cc1. The van der Waals surface area contributed by atoms with E-state index in [2.05, 4.69) is 22.5 Å². The first-order valence-electron chi connectivity index (χ1n) is 10.1. The quantitative estimate of drug-likeness (QED) is 0.736. The molecule has 1 unspecified atom stereocenters. The summed E-state index contributed by atoms with van der Waals surface area (Å²) in [7, 11) is 0. The highest BCUT2D eigenvalue weighted by atomic mass is 32.2. The molecule has 1 saturated heterocycles. The molecule has 2 amide bonds. The summed E-state index contributed by atoms with van der Waals surface area (Å²) >= 11 is 1.46. The van der Waals surface area contributed by atoms with Crippen LogP contribution in [-0.2, 0) is 4.79 Å². The lowest BCUT2D eigenvalue weighted by Crippen LogP contribution is -2.40. The minimum absolute atomic E-state index is 0.0501. The van der Waals surface area contributed by atoms with Gasteiger partial charge in [-0.25, -0.2) is 0 Å². The average molecular weight is 408 g/mol. The minimum Gasteiger partial charge on any atom is -0.350 e. The summed E-state index contributed by atoms with van der Waals surface area (Å²) in [5.41, 5.74) is 2.38. The molecule has 29 heavy (non-hydrogen) atoms. The number of hydrogen-bond acceptors (Lipinski definition) is 4. The van der Waals surface area contributed by atoms with Crippen molar-refractivity contribution in [1.29, 1.82) is 0 Å². The number of likely N-dealkylation sites (tertiary alicyclic amines) is 1. The summed E-state index contributed by atoms with van der Waals surface area (Å²) in [5.74, 6) is -0.154. The Morgan fingerprint density at radius 3 is 2.83 bits per heavy atom. The fourth-order valence-electron chi connectivity index (χ4n) is 3.84. The first-order chi connectivity index (χ1) is 14.1. The van der Waals surface area contributed by atoms with Crippen molar-refractivity contribution in [3.63, 3.8) is 0 Å². The lowest BCUT2D eigenvalue weighted by atomic mass is 10.1. The predicted molar refractivity (Wildman–Crippen MR) is 118 cm³/mol. The Labute approximate surface area is 175 Å². The predicted octanol–water partition coefficient (Wildman–Crippen LogP) is 3.99. The molecule has 5 nitrogen and oxygen atoms in total. The van der Waals surface area contributed by atoms with E-state index < -0.39 is 0 Å². The molecule has 2 aliphatic heterocycles. The van der Waals surface area contributed by atoms with Crippen LogP contribution in [0.1, 0.15) is 35.7 Å². The zero-order valence-electron chi connectivity index (χ0n) is 16.5. The molecule has 6 heteroatoms. The van der Waals surface area contributed by atoms with E-state index in [1.165, 1.54) is 18.2 Å². The highest BCUT2D eigenvalue weighted by molar-refractivity contribution is 8.04. The highest BCUT2D eigenvalue weighted by Gasteiger charge is 2.23. The van der Waals surface area contributed by atoms with Crippen molar-refractivity contribution in [3.8, 4) is 0 Å². The van der Waals surface area contributed by atoms with Crippen molar-refractivity contribution >= 4 is 35.3 Å². The number of benzene rings is 2. The van der Waals surface area contributed by atoms with E-state index in [1.54, 1.807) is 0 Å². The summed E-state index contributed by atoms with van der Waals surface area (Å²) in [6, 6.07) is 15.6. The molecule has 2 N–H and O–H groups in total. The van der Waals surface area contributed by atoms with Crippen molar-refractivity contribution < 1.29 is 9.59 Å². The van der Waals surface area contributed by atoms with E-state index in [4.69, 9.17) is 0 Å². The fraction of sp³-hybridized carbons (Fsp3) is 0.304. The Hall–Kier alpha value is -2.57. The maximum absolute atomic E-state index is 12.5. The van der Waals surface area contributed by atoms with Crippen molar-refractivity contribution in [1.82, 2.24) is 10.2 Å². The van der Waals surface area contributed by atoms with Gasteiger partial charge < -0.3 is 10.6 Å². The number of nitrogens with zero attached hydrogens (tertiary/aromatic N) is 1. The number of carbonyl (C=O) groups is 2. The van der Waals surface area contributed by atoms with E-state index in [-0.39, 0.29) is 11.8 Å². The third-order valence-electron chi connectivity index (χ3n) is 5.45. The van der Waals surface area contributed by atoms with Gasteiger partial charge in [0.25, 0.3) is 11.8 Å². The molecule has 2 aromatic carbocycles. The normalized spacial score (nSPS) is 20.4. The van der Waals surface area contributed by atoms with Crippen molar-refractivity contribution in [2.75, 3.05) is 25.0 Å². The Bertz CT molecular complexity index is 939. The van der Waals surface area contributed by atoms with Gasteiger partial charge in [0.05, 0.1) is 10.6 Å². The van der Waals surface area contributed by atoms with Gasteiger partial charge in [-0.3, -0.25) is 14.5 Å². The summed E-state index contributed by atoms with van der Waals surface area (Å²) in [4.78, 5) is 28.9. The molecule has 0 saturated carbocycles. The number of amides is 2. The number of likely N-dealkylation sites (N-methyl/N-ethyl adjacent to an activating group) is 1. The lowest BCUT2D eigenvalue weighted by molar-refractivity contribution is -0.112. The van der Waals surface area contributed by atoms with Gasteiger partial charge in [0.1, 0.15) is 0 Å². The van der Waals surface area contributed by atoms with Gasteiger partial charge in [-0.15, -0.1) is 0 Å². The van der Waals surface area contributed by atoms with Crippen LogP contribution in [0.15, 0.2) is 58.3 Å². The average Bonchev–Trinajstić information content (AvgIpc) is 3.20. The molecular formula is C23H25N3O2S. The van der Waals surface area contributed by atoms with Crippen LogP contribution in [0.25, 0.3) is 6.08 Å². The van der Waals surface area contributed by atoms with Gasteiger partial charge in [0, 0.05) is 23.0 Å². The zero-order chi connectivity index (χ0) is 20.2. The summed E-state index contributed by atoms with van der Waals surface area (Å²) in [5, 5.41) is 5.98. The van der Waals surface area contributed by atoms with Crippen molar-refractivity contribution in [3.05, 3.63) is 64.6 Å². The van der Waals surface area contributed by atoms with E-state index in [1.807, 2.05) is 54.6 Å². The first-order valence-corrected chi connectivity index (χ1v) is 10.9. The third-order valence-corrected chi connectivity index (χ3v) is 6.55. The number of para-hydroxylation sites is 1. The van der Waals surface area contributed by atoms with E-state index in [0.29, 0.717) is 23.1 Å². The molecule has 2 heterocycles. The summed E-state index contributed by atoms with van der Waals surface area (Å²) < 4.78 is 0. The van der Waals surface area contributed by atoms with E-state index in [9.17, 15) is 9.59 Å². The Morgan fingerprint density at radius 2 is 2.03 bits per heavy atom. The van der Waals surface area contributed by atoms with Gasteiger partial charge in [0.2, 0.25) is 0 Å². The van der Waals surface area contributed by atoms with Gasteiger partial charge in [-0.1, -0.05) is 43.0 Å². The smallest absolute Gasteiger partial charge is 0.262 e. The maximum Gasteiger partial charge on any atom is 0.262 e. The van der Waals surface area contributed by atoms with Gasteiger partial charge in [0.15, 0.2) is 0 Å². The summed E-state index contributed by atoms with van der Waals surface area (Å²) in [6.45, 7) is 5.00. The minimum atomic E-state index is -0.104. The van der Waals surface area contributed by atoms with E-state index >= 15 is 0 Å². The Morgan fingerprint density at radius 1 is 1.24 bits per heavy atom. The zero-order valence-corrected chi connectivity index (χ0v) is 17.3. The second-order valence-electron chi connectivity index (χ2n) is 7.32. The van der Waals surface area contributed by atoms with Gasteiger partial charge >= 0.3 is 0 Å². The molecular weight excluding hydrogens is 382 g/mol. The number of thioether (sulfide) groups is 1.